The minimum atomic E-state index is -4.92. The van der Waals surface area contributed by atoms with Crippen LogP contribution < -0.4 is 51.4 Å². The van der Waals surface area contributed by atoms with Crippen LogP contribution in [0.25, 0.3) is 0 Å². The molecule has 0 amide bonds. The van der Waals surface area contributed by atoms with Crippen LogP contribution in [0.1, 0.15) is 5.56 Å². The summed E-state index contributed by atoms with van der Waals surface area (Å²) < 4.78 is 36.9. The van der Waals surface area contributed by atoms with E-state index >= 15 is 0 Å². The first-order chi connectivity index (χ1) is 7.89. The quantitative estimate of drug-likeness (QED) is 0.654. The van der Waals surface area contributed by atoms with Crippen LogP contribution in [-0.2, 0) is 6.42 Å². The van der Waals surface area contributed by atoms with Crippen LogP contribution in [0.15, 0.2) is 36.6 Å². The van der Waals surface area contributed by atoms with Crippen molar-refractivity contribution < 1.29 is 64.3 Å². The minimum absolute atomic E-state index is 0. The maximum absolute atomic E-state index is 12.3. The standard InChI is InChI=1S/C11H15BF3N2.K/c1-10(12(13,14)15)9-17(2)8-5-11-3-6-16-7-4-11;/h3-4,6-7H,1,5,8-9H2,2H3;/q-1;+1. The average molecular weight is 282 g/mol. The summed E-state index contributed by atoms with van der Waals surface area (Å²) in [5.74, 6) is 0. The topological polar surface area (TPSA) is 16.1 Å². The van der Waals surface area contributed by atoms with E-state index in [1.807, 2.05) is 12.1 Å². The molecule has 1 rings (SSSR count). The van der Waals surface area contributed by atoms with Crippen LogP contribution in [0, 0.1) is 0 Å². The van der Waals surface area contributed by atoms with Gasteiger partial charge in [0.1, 0.15) is 0 Å². The molecule has 0 saturated heterocycles. The van der Waals surface area contributed by atoms with E-state index in [1.54, 1.807) is 24.3 Å². The van der Waals surface area contributed by atoms with Crippen molar-refractivity contribution in [2.45, 2.75) is 6.42 Å². The molecule has 0 unspecified atom stereocenters. The molecule has 1 heterocycles. The van der Waals surface area contributed by atoms with Gasteiger partial charge in [-0.3, -0.25) is 4.98 Å². The molecular weight excluding hydrogens is 267 g/mol. The van der Waals surface area contributed by atoms with E-state index in [9.17, 15) is 12.9 Å². The van der Waals surface area contributed by atoms with E-state index in [0.717, 1.165) is 5.56 Å². The van der Waals surface area contributed by atoms with Crippen LogP contribution in [0.4, 0.5) is 12.9 Å². The third-order valence-corrected chi connectivity index (χ3v) is 2.47. The van der Waals surface area contributed by atoms with Gasteiger partial charge in [-0.05, 0) is 37.7 Å². The second-order valence-corrected chi connectivity index (χ2v) is 4.08. The molecule has 0 aliphatic carbocycles. The molecule has 0 radical (unpaired) electrons. The fraction of sp³-hybridized carbons (Fsp3) is 0.364. The number of hydrogen-bond donors (Lipinski definition) is 0. The molecule has 7 heteroatoms. The number of aromatic nitrogens is 1. The van der Waals surface area contributed by atoms with E-state index in [0.29, 0.717) is 13.0 Å². The fourth-order valence-electron chi connectivity index (χ4n) is 1.40. The maximum atomic E-state index is 12.3. The van der Waals surface area contributed by atoms with Crippen LogP contribution in [0.5, 0.6) is 0 Å². The Balaban J connectivity index is 0.00000289. The molecule has 0 spiro atoms. The van der Waals surface area contributed by atoms with Crippen molar-refractivity contribution in [3.8, 4) is 0 Å². The van der Waals surface area contributed by atoms with Gasteiger partial charge in [0.25, 0.3) is 0 Å². The first-order valence-corrected chi connectivity index (χ1v) is 5.34. The Bertz CT molecular complexity index is 370. The van der Waals surface area contributed by atoms with Gasteiger partial charge in [-0.15, -0.1) is 12.1 Å². The Morgan fingerprint density at radius 2 is 1.89 bits per heavy atom. The molecule has 2 nitrogen and oxygen atoms in total. The van der Waals surface area contributed by atoms with Crippen molar-refractivity contribution in [1.82, 2.24) is 9.88 Å². The first-order valence-electron chi connectivity index (χ1n) is 5.34. The van der Waals surface area contributed by atoms with Gasteiger partial charge in [0.15, 0.2) is 0 Å². The zero-order valence-corrected chi connectivity index (χ0v) is 13.9. The van der Waals surface area contributed by atoms with Gasteiger partial charge in [-0.2, -0.15) is 0 Å². The monoisotopic (exact) mass is 282 g/mol. The molecule has 0 atom stereocenters. The molecule has 0 aliphatic rings. The van der Waals surface area contributed by atoms with E-state index in [2.05, 4.69) is 11.6 Å². The number of halogens is 3. The molecule has 0 saturated carbocycles. The molecule has 0 bridgehead atoms. The predicted molar refractivity (Wildman–Crippen MR) is 63.7 cm³/mol. The second-order valence-electron chi connectivity index (χ2n) is 4.08. The molecule has 0 fully saturated rings. The minimum Gasteiger partial charge on any atom is -0.445 e. The van der Waals surface area contributed by atoms with Crippen molar-refractivity contribution in [3.63, 3.8) is 0 Å². The summed E-state index contributed by atoms with van der Waals surface area (Å²) in [6, 6.07) is 3.71. The molecule has 18 heavy (non-hydrogen) atoms. The van der Waals surface area contributed by atoms with Crippen molar-refractivity contribution >= 4 is 6.98 Å². The molecule has 0 N–H and O–H groups in total. The van der Waals surface area contributed by atoms with Gasteiger partial charge in [0.05, 0.1) is 0 Å². The van der Waals surface area contributed by atoms with E-state index in [1.165, 1.54) is 0 Å². The molecule has 94 valence electrons. The first kappa shape index (κ1) is 18.3. The Kier molecular flexibility index (Phi) is 8.66. The number of hydrogen-bond acceptors (Lipinski definition) is 2. The summed E-state index contributed by atoms with van der Waals surface area (Å²) in [5.41, 5.74) is 0.414. The maximum Gasteiger partial charge on any atom is 1.00 e. The molecule has 1 aromatic rings. The van der Waals surface area contributed by atoms with Crippen molar-refractivity contribution in [2.24, 2.45) is 0 Å². The number of rotatable bonds is 6. The van der Waals surface area contributed by atoms with E-state index < -0.39 is 12.4 Å². The van der Waals surface area contributed by atoms with Crippen LogP contribution in [0.2, 0.25) is 0 Å². The number of likely N-dealkylation sites (N-methyl/N-ethyl adjacent to an activating group) is 1. The normalized spacial score (nSPS) is 11.2. The van der Waals surface area contributed by atoms with Gasteiger partial charge in [0.2, 0.25) is 0 Å². The zero-order valence-electron chi connectivity index (χ0n) is 10.7. The van der Waals surface area contributed by atoms with Gasteiger partial charge in [0, 0.05) is 18.9 Å². The SMILES string of the molecule is C=C(CN(C)CCc1ccncc1)[B-](F)(F)F.[K+]. The summed E-state index contributed by atoms with van der Waals surface area (Å²) in [6.45, 7) is -1.41. The third-order valence-electron chi connectivity index (χ3n) is 2.47. The summed E-state index contributed by atoms with van der Waals surface area (Å²) in [7, 11) is 1.66. The molecule has 0 aromatic carbocycles. The van der Waals surface area contributed by atoms with Crippen LogP contribution in [-0.4, -0.2) is 37.0 Å². The van der Waals surface area contributed by atoms with Crippen LogP contribution in [0.3, 0.4) is 0 Å². The summed E-state index contributed by atoms with van der Waals surface area (Å²) in [5, 5.41) is 0. The van der Waals surface area contributed by atoms with Gasteiger partial charge in [-0.1, -0.05) is 0 Å². The van der Waals surface area contributed by atoms with E-state index in [-0.39, 0.29) is 57.9 Å². The van der Waals surface area contributed by atoms with Crippen LogP contribution >= 0.6 is 0 Å². The Morgan fingerprint density at radius 1 is 1.33 bits per heavy atom. The number of pyridine rings is 1. The third kappa shape index (κ3) is 7.06. The fourth-order valence-corrected chi connectivity index (χ4v) is 1.40. The largest absolute Gasteiger partial charge is 1.00 e. The smallest absolute Gasteiger partial charge is 0.445 e. The summed E-state index contributed by atoms with van der Waals surface area (Å²) >= 11 is 0. The van der Waals surface area contributed by atoms with E-state index in [4.69, 9.17) is 0 Å². The summed E-state index contributed by atoms with van der Waals surface area (Å²) in [6.07, 6.45) is 4.05. The van der Waals surface area contributed by atoms with Crippen molar-refractivity contribution in [1.29, 1.82) is 0 Å². The van der Waals surface area contributed by atoms with Gasteiger partial charge in [-0.25, -0.2) is 0 Å². The molecule has 1 aromatic heterocycles. The van der Waals surface area contributed by atoms with Gasteiger partial charge >= 0.3 is 58.4 Å². The average Bonchev–Trinajstić information content (AvgIpc) is 2.26. The Hall–Kier alpha value is 0.341. The number of nitrogens with zero attached hydrogens (tertiary/aromatic N) is 2. The second kappa shape index (κ2) is 8.50. The predicted octanol–water partition coefficient (Wildman–Crippen LogP) is -0.497. The zero-order chi connectivity index (χ0) is 12.9. The Labute approximate surface area is 148 Å². The van der Waals surface area contributed by atoms with Gasteiger partial charge < -0.3 is 17.8 Å². The molecular formula is C11H15BF3KN2. The Morgan fingerprint density at radius 3 is 2.39 bits per heavy atom. The summed E-state index contributed by atoms with van der Waals surface area (Å²) in [4.78, 5) is 5.50. The van der Waals surface area contributed by atoms with Crippen molar-refractivity contribution in [3.05, 3.63) is 42.1 Å². The molecule has 0 aliphatic heterocycles. The van der Waals surface area contributed by atoms with Crippen molar-refractivity contribution in [2.75, 3.05) is 20.1 Å².